The molecule has 5 nitrogen and oxygen atoms in total. The normalized spacial score (nSPS) is 21.7. The predicted octanol–water partition coefficient (Wildman–Crippen LogP) is 2.70. The summed E-state index contributed by atoms with van der Waals surface area (Å²) in [5, 5.41) is 9.13. The van der Waals surface area contributed by atoms with Gasteiger partial charge in [-0.15, -0.1) is 35.3 Å². The van der Waals surface area contributed by atoms with Gasteiger partial charge in [0.15, 0.2) is 5.96 Å². The van der Waals surface area contributed by atoms with E-state index < -0.39 is 0 Å². The first-order valence-corrected chi connectivity index (χ1v) is 9.38. The minimum Gasteiger partial charge on any atom is -0.380 e. The van der Waals surface area contributed by atoms with Gasteiger partial charge in [-0.1, -0.05) is 13.0 Å². The van der Waals surface area contributed by atoms with Gasteiger partial charge in [0.05, 0.1) is 19.3 Å². The van der Waals surface area contributed by atoms with E-state index in [4.69, 9.17) is 4.74 Å². The number of guanidine groups is 1. The van der Waals surface area contributed by atoms with Gasteiger partial charge in [0.25, 0.3) is 0 Å². The first kappa shape index (κ1) is 19.9. The number of rotatable bonds is 6. The molecule has 2 aliphatic rings. The smallest absolute Gasteiger partial charge is 0.191 e. The van der Waals surface area contributed by atoms with Gasteiger partial charge in [0.2, 0.25) is 0 Å². The van der Waals surface area contributed by atoms with Crippen molar-refractivity contribution in [1.82, 2.24) is 15.5 Å². The monoisotopic (exact) mass is 464 g/mol. The maximum absolute atomic E-state index is 5.31. The van der Waals surface area contributed by atoms with Crippen LogP contribution < -0.4 is 10.6 Å². The van der Waals surface area contributed by atoms with E-state index in [-0.39, 0.29) is 29.4 Å². The van der Waals surface area contributed by atoms with Crippen molar-refractivity contribution in [1.29, 1.82) is 0 Å². The Morgan fingerprint density at radius 3 is 2.67 bits per heavy atom. The van der Waals surface area contributed by atoms with Crippen molar-refractivity contribution < 1.29 is 4.74 Å². The van der Waals surface area contributed by atoms with Crippen LogP contribution in [0.3, 0.4) is 0 Å². The van der Waals surface area contributed by atoms with E-state index in [0.717, 1.165) is 32.3 Å². The quantitative estimate of drug-likeness (QED) is 0.386. The van der Waals surface area contributed by atoms with Gasteiger partial charge in [-0.25, -0.2) is 0 Å². The summed E-state index contributed by atoms with van der Waals surface area (Å²) in [7, 11) is 1.84. The molecule has 0 spiro atoms. The summed E-state index contributed by atoms with van der Waals surface area (Å²) >= 11 is 1.85. The van der Waals surface area contributed by atoms with Crippen LogP contribution in [0.25, 0.3) is 0 Å². The maximum Gasteiger partial charge on any atom is 0.191 e. The number of hydrogen-bond acceptors (Lipinski definition) is 4. The molecule has 0 aliphatic carbocycles. The highest BCUT2D eigenvalue weighted by Crippen LogP contribution is 2.28. The lowest BCUT2D eigenvalue weighted by atomic mass is 9.89. The summed E-state index contributed by atoms with van der Waals surface area (Å²) in [6, 6.07) is 4.84. The summed E-state index contributed by atoms with van der Waals surface area (Å²) in [4.78, 5) is 8.40. The number of nitrogens with one attached hydrogen (secondary N) is 2. The summed E-state index contributed by atoms with van der Waals surface area (Å²) in [5.41, 5.74) is 0.250. The number of likely N-dealkylation sites (tertiary alicyclic amines) is 1. The second-order valence-electron chi connectivity index (χ2n) is 6.88. The van der Waals surface area contributed by atoms with Crippen LogP contribution in [0.2, 0.25) is 0 Å². The lowest BCUT2D eigenvalue weighted by molar-refractivity contribution is -0.0971. The number of halogens is 1. The van der Waals surface area contributed by atoms with Gasteiger partial charge in [0.1, 0.15) is 0 Å². The van der Waals surface area contributed by atoms with Crippen molar-refractivity contribution in [2.75, 3.05) is 46.4 Å². The molecule has 1 unspecified atom stereocenters. The zero-order chi connectivity index (χ0) is 16.1. The lowest BCUT2D eigenvalue weighted by Crippen LogP contribution is -2.51. The summed E-state index contributed by atoms with van der Waals surface area (Å²) in [5.74, 6) is 0.888. The Balaban J connectivity index is 0.00000208. The minimum absolute atomic E-state index is 0. The van der Waals surface area contributed by atoms with Crippen LogP contribution in [-0.4, -0.2) is 57.3 Å². The fourth-order valence-electron chi connectivity index (χ4n) is 3.21. The van der Waals surface area contributed by atoms with Crippen LogP contribution >= 0.6 is 35.3 Å². The number of thiophene rings is 1. The second kappa shape index (κ2) is 9.35. The van der Waals surface area contributed by atoms with E-state index in [1.165, 1.54) is 30.8 Å². The van der Waals surface area contributed by atoms with Crippen LogP contribution in [0.15, 0.2) is 22.5 Å². The molecular weight excluding hydrogens is 435 g/mol. The van der Waals surface area contributed by atoms with E-state index >= 15 is 0 Å². The maximum atomic E-state index is 5.31. The second-order valence-corrected chi connectivity index (χ2v) is 7.86. The Bertz CT molecular complexity index is 513. The van der Waals surface area contributed by atoms with Crippen LogP contribution in [0.5, 0.6) is 0 Å². The van der Waals surface area contributed by atoms with Crippen molar-refractivity contribution in [2.24, 2.45) is 10.4 Å². The topological polar surface area (TPSA) is 48.9 Å². The number of hydrogen-bond donors (Lipinski definition) is 2. The van der Waals surface area contributed by atoms with Gasteiger partial charge in [-0.2, -0.15) is 0 Å². The SMILES string of the molecule is CN=C(NCC(c1cccs1)N1CCCC1)NCC1(C)COC1.I. The fourth-order valence-corrected chi connectivity index (χ4v) is 4.07. The average molecular weight is 464 g/mol. The highest BCUT2D eigenvalue weighted by Gasteiger charge is 2.33. The molecule has 24 heavy (non-hydrogen) atoms. The predicted molar refractivity (Wildman–Crippen MR) is 112 cm³/mol. The van der Waals surface area contributed by atoms with E-state index in [1.54, 1.807) is 0 Å². The molecule has 3 heterocycles. The highest BCUT2D eigenvalue weighted by atomic mass is 127. The van der Waals surface area contributed by atoms with Crippen LogP contribution in [0.4, 0.5) is 0 Å². The Morgan fingerprint density at radius 2 is 2.12 bits per heavy atom. The van der Waals surface area contributed by atoms with Crippen molar-refractivity contribution >= 4 is 41.3 Å². The van der Waals surface area contributed by atoms with Crippen molar-refractivity contribution in [3.05, 3.63) is 22.4 Å². The molecule has 1 aromatic rings. The zero-order valence-corrected chi connectivity index (χ0v) is 17.7. The fraction of sp³-hybridized carbons (Fsp3) is 0.706. The minimum atomic E-state index is 0. The Hall–Kier alpha value is -0.380. The van der Waals surface area contributed by atoms with Crippen molar-refractivity contribution in [3.8, 4) is 0 Å². The molecule has 0 amide bonds. The standard InChI is InChI=1S/C17H28N4OS.HI/c1-17(12-22-13-17)11-20-16(18-2)19-10-14(15-6-5-9-23-15)21-7-3-4-8-21;/h5-6,9,14H,3-4,7-8,10-13H2,1-2H3,(H2,18,19,20);1H. The lowest BCUT2D eigenvalue weighted by Gasteiger charge is -2.38. The summed E-state index contributed by atoms with van der Waals surface area (Å²) in [6.07, 6.45) is 2.63. The van der Waals surface area contributed by atoms with Crippen molar-refractivity contribution in [2.45, 2.75) is 25.8 Å². The van der Waals surface area contributed by atoms with Crippen LogP contribution in [0.1, 0.15) is 30.7 Å². The van der Waals surface area contributed by atoms with Gasteiger partial charge >= 0.3 is 0 Å². The van der Waals surface area contributed by atoms with Crippen molar-refractivity contribution in [3.63, 3.8) is 0 Å². The molecule has 2 N–H and O–H groups in total. The first-order valence-electron chi connectivity index (χ1n) is 8.50. The molecule has 7 heteroatoms. The van der Waals surface area contributed by atoms with Crippen LogP contribution in [-0.2, 0) is 4.74 Å². The molecule has 2 saturated heterocycles. The van der Waals surface area contributed by atoms with Gasteiger partial charge in [0, 0.05) is 30.4 Å². The third-order valence-electron chi connectivity index (χ3n) is 4.72. The molecule has 2 aliphatic heterocycles. The van der Waals surface area contributed by atoms with Gasteiger partial charge < -0.3 is 15.4 Å². The third kappa shape index (κ3) is 5.06. The Kier molecular flexibility index (Phi) is 7.77. The van der Waals surface area contributed by atoms with E-state index in [0.29, 0.717) is 6.04 Å². The molecule has 1 aromatic heterocycles. The van der Waals surface area contributed by atoms with E-state index in [9.17, 15) is 0 Å². The highest BCUT2D eigenvalue weighted by molar-refractivity contribution is 14.0. The molecule has 0 aromatic carbocycles. The summed E-state index contributed by atoms with van der Waals surface area (Å²) < 4.78 is 5.31. The Labute approximate surface area is 166 Å². The molecule has 0 bridgehead atoms. The average Bonchev–Trinajstić information content (AvgIpc) is 3.22. The molecule has 136 valence electrons. The summed E-state index contributed by atoms with van der Waals surface area (Å²) in [6.45, 7) is 8.12. The number of ether oxygens (including phenoxy) is 1. The van der Waals surface area contributed by atoms with Gasteiger partial charge in [-0.3, -0.25) is 9.89 Å². The first-order chi connectivity index (χ1) is 11.2. The molecular formula is C17H29IN4OS. The van der Waals surface area contributed by atoms with Gasteiger partial charge in [-0.05, 0) is 37.4 Å². The Morgan fingerprint density at radius 1 is 1.38 bits per heavy atom. The zero-order valence-electron chi connectivity index (χ0n) is 14.6. The number of aliphatic imine (C=N–C) groups is 1. The molecule has 2 fully saturated rings. The largest absolute Gasteiger partial charge is 0.380 e. The van der Waals surface area contributed by atoms with Crippen LogP contribution in [0, 0.1) is 5.41 Å². The molecule has 3 rings (SSSR count). The number of nitrogens with zero attached hydrogens (tertiary/aromatic N) is 2. The third-order valence-corrected chi connectivity index (χ3v) is 5.70. The molecule has 0 radical (unpaired) electrons. The van der Waals surface area contributed by atoms with E-state index in [1.807, 2.05) is 18.4 Å². The molecule has 1 atom stereocenters. The van der Waals surface area contributed by atoms with E-state index in [2.05, 4.69) is 45.0 Å². The molecule has 0 saturated carbocycles.